The second-order valence-electron chi connectivity index (χ2n) is 3.89. The van der Waals surface area contributed by atoms with Crippen molar-refractivity contribution in [2.24, 2.45) is 0 Å². The van der Waals surface area contributed by atoms with Crippen LogP contribution in [0.15, 0.2) is 24.3 Å². The Morgan fingerprint density at radius 2 is 2.44 bits per heavy atom. The second-order valence-corrected chi connectivity index (χ2v) is 4.32. The summed E-state index contributed by atoms with van der Waals surface area (Å²) in [5.41, 5.74) is 0.916. The minimum atomic E-state index is -0.169. The number of carbonyl (C=O) groups is 1. The molecule has 1 heterocycles. The molecule has 1 atom stereocenters. The zero-order chi connectivity index (χ0) is 11.4. The van der Waals surface area contributed by atoms with E-state index in [1.165, 1.54) is 0 Å². The Bertz CT molecular complexity index is 375. The predicted molar refractivity (Wildman–Crippen MR) is 62.3 cm³/mol. The zero-order valence-corrected chi connectivity index (χ0v) is 9.67. The van der Waals surface area contributed by atoms with Gasteiger partial charge >= 0.3 is 5.97 Å². The summed E-state index contributed by atoms with van der Waals surface area (Å²) in [4.78, 5) is 11.6. The molecule has 1 aliphatic rings. The number of carbonyl (C=O) groups excluding carboxylic acids is 1. The van der Waals surface area contributed by atoms with Gasteiger partial charge < -0.3 is 10.1 Å². The Morgan fingerprint density at radius 1 is 1.56 bits per heavy atom. The molecule has 2 rings (SSSR count). The van der Waals surface area contributed by atoms with Gasteiger partial charge in [0.1, 0.15) is 12.6 Å². The molecule has 0 spiro atoms. The fourth-order valence-corrected chi connectivity index (χ4v) is 1.98. The van der Waals surface area contributed by atoms with Crippen LogP contribution in [0.3, 0.4) is 0 Å². The molecule has 0 aromatic heterocycles. The third kappa shape index (κ3) is 2.97. The van der Waals surface area contributed by atoms with Crippen LogP contribution in [0.25, 0.3) is 0 Å². The molecule has 1 N–H and O–H groups in total. The highest BCUT2D eigenvalue weighted by molar-refractivity contribution is 6.30. The molecule has 1 fully saturated rings. The first-order valence-electron chi connectivity index (χ1n) is 5.40. The van der Waals surface area contributed by atoms with Crippen molar-refractivity contribution in [1.82, 2.24) is 5.32 Å². The largest absolute Gasteiger partial charge is 0.460 e. The maximum absolute atomic E-state index is 11.6. The number of hydrogen-bond acceptors (Lipinski definition) is 3. The normalized spacial score (nSPS) is 19.7. The molecule has 0 bridgehead atoms. The van der Waals surface area contributed by atoms with Gasteiger partial charge in [0.15, 0.2) is 0 Å². The van der Waals surface area contributed by atoms with Crippen molar-refractivity contribution in [3.05, 3.63) is 34.9 Å². The van der Waals surface area contributed by atoms with E-state index >= 15 is 0 Å². The summed E-state index contributed by atoms with van der Waals surface area (Å²) >= 11 is 5.83. The molecule has 0 radical (unpaired) electrons. The van der Waals surface area contributed by atoms with Crippen molar-refractivity contribution >= 4 is 17.6 Å². The van der Waals surface area contributed by atoms with E-state index in [0.717, 1.165) is 24.9 Å². The van der Waals surface area contributed by atoms with Crippen molar-refractivity contribution in [2.45, 2.75) is 25.5 Å². The van der Waals surface area contributed by atoms with Crippen LogP contribution in [0.4, 0.5) is 0 Å². The molecule has 1 saturated heterocycles. The number of nitrogens with one attached hydrogen (secondary N) is 1. The fraction of sp³-hybridized carbons (Fsp3) is 0.417. The van der Waals surface area contributed by atoms with E-state index in [-0.39, 0.29) is 18.6 Å². The van der Waals surface area contributed by atoms with Crippen molar-refractivity contribution in [2.75, 3.05) is 6.54 Å². The van der Waals surface area contributed by atoms with Crippen LogP contribution >= 0.6 is 11.6 Å². The highest BCUT2D eigenvalue weighted by Crippen LogP contribution is 2.13. The zero-order valence-electron chi connectivity index (χ0n) is 8.91. The van der Waals surface area contributed by atoms with E-state index in [0.29, 0.717) is 5.02 Å². The second kappa shape index (κ2) is 5.32. The molecule has 86 valence electrons. The lowest BCUT2D eigenvalue weighted by atomic mass is 10.2. The van der Waals surface area contributed by atoms with Gasteiger partial charge in [-0.1, -0.05) is 23.7 Å². The van der Waals surface area contributed by atoms with Crippen LogP contribution in [0.2, 0.25) is 5.02 Å². The molecular formula is C12H14ClNO2. The van der Waals surface area contributed by atoms with E-state index in [9.17, 15) is 4.79 Å². The predicted octanol–water partition coefficient (Wildman–Crippen LogP) is 2.14. The number of hydrogen-bond donors (Lipinski definition) is 1. The third-order valence-corrected chi connectivity index (χ3v) is 2.85. The summed E-state index contributed by atoms with van der Waals surface area (Å²) in [5.74, 6) is -0.169. The lowest BCUT2D eigenvalue weighted by Gasteiger charge is -2.10. The van der Waals surface area contributed by atoms with Crippen molar-refractivity contribution in [3.63, 3.8) is 0 Å². The Hall–Kier alpha value is -1.06. The molecule has 3 nitrogen and oxygen atoms in total. The number of ether oxygens (including phenoxy) is 1. The smallest absolute Gasteiger partial charge is 0.323 e. The van der Waals surface area contributed by atoms with Crippen LogP contribution in [0.5, 0.6) is 0 Å². The number of rotatable bonds is 3. The summed E-state index contributed by atoms with van der Waals surface area (Å²) in [5, 5.41) is 3.76. The van der Waals surface area contributed by atoms with Crippen LogP contribution in [0, 0.1) is 0 Å². The van der Waals surface area contributed by atoms with Gasteiger partial charge in [-0.3, -0.25) is 4.79 Å². The van der Waals surface area contributed by atoms with E-state index in [1.54, 1.807) is 12.1 Å². The van der Waals surface area contributed by atoms with Crippen LogP contribution in [-0.2, 0) is 16.1 Å². The maximum atomic E-state index is 11.6. The van der Waals surface area contributed by atoms with Crippen LogP contribution < -0.4 is 5.32 Å². The lowest BCUT2D eigenvalue weighted by Crippen LogP contribution is -2.32. The first-order valence-corrected chi connectivity index (χ1v) is 5.78. The molecule has 1 aliphatic heterocycles. The highest BCUT2D eigenvalue weighted by atomic mass is 35.5. The molecule has 4 heteroatoms. The van der Waals surface area contributed by atoms with Gasteiger partial charge in [-0.15, -0.1) is 0 Å². The Labute approximate surface area is 99.7 Å². The maximum Gasteiger partial charge on any atom is 0.323 e. The summed E-state index contributed by atoms with van der Waals surface area (Å²) in [7, 11) is 0. The molecule has 1 aromatic rings. The van der Waals surface area contributed by atoms with E-state index in [1.807, 2.05) is 12.1 Å². The molecule has 0 amide bonds. The van der Waals surface area contributed by atoms with Crippen molar-refractivity contribution < 1.29 is 9.53 Å². The van der Waals surface area contributed by atoms with Gasteiger partial charge in [0.05, 0.1) is 0 Å². The Balaban J connectivity index is 1.84. The van der Waals surface area contributed by atoms with Gasteiger partial charge in [-0.05, 0) is 37.1 Å². The molecule has 0 aliphatic carbocycles. The van der Waals surface area contributed by atoms with Gasteiger partial charge in [0.25, 0.3) is 0 Å². The van der Waals surface area contributed by atoms with E-state index < -0.39 is 0 Å². The van der Waals surface area contributed by atoms with Crippen molar-refractivity contribution in [3.8, 4) is 0 Å². The minimum Gasteiger partial charge on any atom is -0.460 e. The third-order valence-electron chi connectivity index (χ3n) is 2.61. The topological polar surface area (TPSA) is 38.3 Å². The fourth-order valence-electron chi connectivity index (χ4n) is 1.77. The average Bonchev–Trinajstić information content (AvgIpc) is 2.79. The first-order chi connectivity index (χ1) is 7.75. The summed E-state index contributed by atoms with van der Waals surface area (Å²) in [6.07, 6.45) is 1.91. The van der Waals surface area contributed by atoms with E-state index in [4.69, 9.17) is 16.3 Å². The molecule has 0 saturated carbocycles. The minimum absolute atomic E-state index is 0.126. The Kier molecular flexibility index (Phi) is 3.80. The number of benzene rings is 1. The van der Waals surface area contributed by atoms with Gasteiger partial charge in [-0.25, -0.2) is 0 Å². The quantitative estimate of drug-likeness (QED) is 0.822. The molecule has 1 aromatic carbocycles. The first kappa shape index (κ1) is 11.4. The molecule has 16 heavy (non-hydrogen) atoms. The average molecular weight is 240 g/mol. The summed E-state index contributed by atoms with van der Waals surface area (Å²) in [6, 6.07) is 7.21. The monoisotopic (exact) mass is 239 g/mol. The Morgan fingerprint density at radius 3 is 3.12 bits per heavy atom. The summed E-state index contributed by atoms with van der Waals surface area (Å²) < 4.78 is 5.21. The number of esters is 1. The van der Waals surface area contributed by atoms with Gasteiger partial charge in [0, 0.05) is 5.02 Å². The van der Waals surface area contributed by atoms with Crippen LogP contribution in [0.1, 0.15) is 18.4 Å². The summed E-state index contributed by atoms with van der Waals surface area (Å²) in [6.45, 7) is 1.19. The van der Waals surface area contributed by atoms with Crippen LogP contribution in [-0.4, -0.2) is 18.6 Å². The van der Waals surface area contributed by atoms with Crippen molar-refractivity contribution in [1.29, 1.82) is 0 Å². The number of halogens is 1. The highest BCUT2D eigenvalue weighted by Gasteiger charge is 2.23. The molecule has 0 unspecified atom stereocenters. The molecular weight excluding hydrogens is 226 g/mol. The van der Waals surface area contributed by atoms with Gasteiger partial charge in [0.2, 0.25) is 0 Å². The van der Waals surface area contributed by atoms with E-state index in [2.05, 4.69) is 5.32 Å². The van der Waals surface area contributed by atoms with Gasteiger partial charge in [-0.2, -0.15) is 0 Å². The SMILES string of the molecule is O=C(OCc1cccc(Cl)c1)[C@@H]1CCCN1. The lowest BCUT2D eigenvalue weighted by molar-refractivity contribution is -0.147. The standard InChI is InChI=1S/C12H14ClNO2/c13-10-4-1-3-9(7-10)8-16-12(15)11-5-2-6-14-11/h1,3-4,7,11,14H,2,5-6,8H2/t11-/m0/s1.